The third-order valence-electron chi connectivity index (χ3n) is 5.74. The van der Waals surface area contributed by atoms with E-state index in [0.29, 0.717) is 5.92 Å². The Morgan fingerprint density at radius 3 is 2.62 bits per heavy atom. The number of ether oxygens (including phenoxy) is 1. The summed E-state index contributed by atoms with van der Waals surface area (Å²) in [5.41, 5.74) is 4.82. The van der Waals surface area contributed by atoms with E-state index in [1.807, 2.05) is 12.1 Å². The van der Waals surface area contributed by atoms with Gasteiger partial charge in [-0.05, 0) is 72.2 Å². The summed E-state index contributed by atoms with van der Waals surface area (Å²) in [6.45, 7) is 4.46. The van der Waals surface area contributed by atoms with Crippen molar-refractivity contribution >= 4 is 11.3 Å². The van der Waals surface area contributed by atoms with Crippen molar-refractivity contribution in [2.75, 3.05) is 6.61 Å². The van der Waals surface area contributed by atoms with E-state index >= 15 is 0 Å². The molecule has 3 aromatic rings. The minimum atomic E-state index is -0.208. The molecule has 1 N–H and O–H groups in total. The van der Waals surface area contributed by atoms with Crippen molar-refractivity contribution in [2.45, 2.75) is 45.3 Å². The first-order valence-electron chi connectivity index (χ1n) is 10.2. The van der Waals surface area contributed by atoms with Crippen LogP contribution >= 0.6 is 11.3 Å². The summed E-state index contributed by atoms with van der Waals surface area (Å²) >= 11 is 1.75. The average molecular weight is 411 g/mol. The molecule has 3 unspecified atom stereocenters. The molecule has 1 aromatic heterocycles. The van der Waals surface area contributed by atoms with Crippen molar-refractivity contribution in [3.8, 4) is 10.4 Å². The van der Waals surface area contributed by atoms with E-state index in [1.54, 1.807) is 11.3 Å². The summed E-state index contributed by atoms with van der Waals surface area (Å²) in [6, 6.07) is 17.6. The van der Waals surface area contributed by atoms with E-state index in [4.69, 9.17) is 4.74 Å². The lowest BCUT2D eigenvalue weighted by atomic mass is 9.89. The van der Waals surface area contributed by atoms with Crippen molar-refractivity contribution in [3.63, 3.8) is 0 Å². The molecule has 29 heavy (non-hydrogen) atoms. The van der Waals surface area contributed by atoms with E-state index in [2.05, 4.69) is 44.2 Å². The van der Waals surface area contributed by atoms with Gasteiger partial charge in [-0.15, -0.1) is 11.3 Å². The van der Waals surface area contributed by atoms with Crippen molar-refractivity contribution in [1.82, 2.24) is 0 Å². The molecule has 1 aliphatic heterocycles. The number of benzene rings is 2. The number of aliphatic hydroxyl groups excluding tert-OH is 1. The zero-order valence-electron chi connectivity index (χ0n) is 16.9. The molecule has 1 saturated heterocycles. The van der Waals surface area contributed by atoms with Gasteiger partial charge in [-0.25, -0.2) is 4.39 Å². The first-order valence-corrected chi connectivity index (χ1v) is 11.0. The van der Waals surface area contributed by atoms with Crippen molar-refractivity contribution < 1.29 is 14.2 Å². The van der Waals surface area contributed by atoms with Gasteiger partial charge in [0.25, 0.3) is 0 Å². The molecule has 2 heterocycles. The Bertz CT molecular complexity index is 963. The zero-order chi connectivity index (χ0) is 20.4. The van der Waals surface area contributed by atoms with Crippen molar-refractivity contribution in [2.24, 2.45) is 5.92 Å². The summed E-state index contributed by atoms with van der Waals surface area (Å²) in [5.74, 6) is 0.340. The number of aryl methyl sites for hydroxylation is 1. The molecule has 1 fully saturated rings. The highest BCUT2D eigenvalue weighted by molar-refractivity contribution is 7.15. The van der Waals surface area contributed by atoms with Crippen LogP contribution < -0.4 is 0 Å². The molecule has 1 aliphatic rings. The Morgan fingerprint density at radius 2 is 1.86 bits per heavy atom. The van der Waals surface area contributed by atoms with Crippen molar-refractivity contribution in [3.05, 3.63) is 82.0 Å². The average Bonchev–Trinajstić information content (AvgIpc) is 3.18. The first-order chi connectivity index (χ1) is 14.0. The number of hydrogen-bond acceptors (Lipinski definition) is 3. The molecule has 0 radical (unpaired) electrons. The summed E-state index contributed by atoms with van der Waals surface area (Å²) in [6.07, 6.45) is 2.77. The fourth-order valence-corrected chi connectivity index (χ4v) is 5.13. The number of aliphatic hydroxyl groups is 1. The third kappa shape index (κ3) is 4.77. The van der Waals surface area contributed by atoms with Gasteiger partial charge >= 0.3 is 0 Å². The van der Waals surface area contributed by atoms with Gasteiger partial charge in [0.05, 0.1) is 18.8 Å². The van der Waals surface area contributed by atoms with Crippen LogP contribution in [0.15, 0.2) is 54.6 Å². The Balaban J connectivity index is 1.53. The van der Waals surface area contributed by atoms with Gasteiger partial charge in [-0.2, -0.15) is 0 Å². The van der Waals surface area contributed by atoms with Crippen LogP contribution in [0.4, 0.5) is 4.39 Å². The second kappa shape index (κ2) is 8.78. The fourth-order valence-electron chi connectivity index (χ4n) is 4.10. The maximum absolute atomic E-state index is 13.2. The molecule has 0 spiro atoms. The smallest absolute Gasteiger partial charge is 0.123 e. The zero-order valence-corrected chi connectivity index (χ0v) is 17.7. The van der Waals surface area contributed by atoms with Crippen LogP contribution in [-0.4, -0.2) is 17.8 Å². The molecule has 152 valence electrons. The van der Waals surface area contributed by atoms with Crippen LogP contribution in [0.1, 0.15) is 47.4 Å². The Kier molecular flexibility index (Phi) is 6.14. The summed E-state index contributed by atoms with van der Waals surface area (Å²) < 4.78 is 19.3. The molecule has 2 aromatic carbocycles. The fraction of sp³-hybridized carbons (Fsp3) is 0.360. The molecule has 4 rings (SSSR count). The second-order valence-electron chi connectivity index (χ2n) is 8.14. The van der Waals surface area contributed by atoms with Crippen LogP contribution in [-0.2, 0) is 11.2 Å². The number of halogens is 1. The van der Waals surface area contributed by atoms with Gasteiger partial charge in [-0.3, -0.25) is 0 Å². The summed E-state index contributed by atoms with van der Waals surface area (Å²) in [7, 11) is 0. The summed E-state index contributed by atoms with van der Waals surface area (Å²) in [5, 5.41) is 9.53. The molecule has 0 saturated carbocycles. The number of thiophene rings is 1. The SMILES string of the molecule is Cc1ccc(C2CC(C)CC(CO)O2)cc1Cc1ccc(-c2ccc(F)cc2)s1. The van der Waals surface area contributed by atoms with Gasteiger partial charge in [0.2, 0.25) is 0 Å². The molecule has 3 atom stereocenters. The van der Waals surface area contributed by atoms with Crippen LogP contribution in [0, 0.1) is 18.7 Å². The van der Waals surface area contributed by atoms with Gasteiger partial charge < -0.3 is 9.84 Å². The molecule has 0 bridgehead atoms. The maximum atomic E-state index is 13.2. The van der Waals surface area contributed by atoms with E-state index in [9.17, 15) is 9.50 Å². The molecule has 0 aliphatic carbocycles. The Hall–Kier alpha value is -2.01. The lowest BCUT2D eigenvalue weighted by Crippen LogP contribution is -2.29. The van der Waals surface area contributed by atoms with Crippen molar-refractivity contribution in [1.29, 1.82) is 0 Å². The molecular formula is C25H27FO2S. The van der Waals surface area contributed by atoms with E-state index < -0.39 is 0 Å². The summed E-state index contributed by atoms with van der Waals surface area (Å²) in [4.78, 5) is 2.44. The lowest BCUT2D eigenvalue weighted by molar-refractivity contribution is -0.0900. The Morgan fingerprint density at radius 1 is 1.07 bits per heavy atom. The number of rotatable bonds is 5. The highest BCUT2D eigenvalue weighted by Gasteiger charge is 2.28. The largest absolute Gasteiger partial charge is 0.394 e. The van der Waals surface area contributed by atoms with Gasteiger partial charge in [-0.1, -0.05) is 37.3 Å². The monoisotopic (exact) mass is 410 g/mol. The molecular weight excluding hydrogens is 383 g/mol. The standard InChI is InChI=1S/C25H27FO2S/c1-16-11-22(15-27)28-24(12-16)19-4-3-17(2)20(13-19)14-23-9-10-25(29-23)18-5-7-21(26)8-6-18/h3-10,13,16,22,24,27H,11-12,14-15H2,1-2H3. The van der Waals surface area contributed by atoms with Gasteiger partial charge in [0, 0.05) is 16.2 Å². The van der Waals surface area contributed by atoms with E-state index in [0.717, 1.165) is 29.7 Å². The maximum Gasteiger partial charge on any atom is 0.123 e. The van der Waals surface area contributed by atoms with Crippen LogP contribution in [0.25, 0.3) is 10.4 Å². The van der Waals surface area contributed by atoms with Crippen LogP contribution in [0.2, 0.25) is 0 Å². The van der Waals surface area contributed by atoms with Crippen LogP contribution in [0.5, 0.6) is 0 Å². The quantitative estimate of drug-likeness (QED) is 0.535. The number of hydrogen-bond donors (Lipinski definition) is 1. The second-order valence-corrected chi connectivity index (χ2v) is 9.31. The van der Waals surface area contributed by atoms with E-state index in [1.165, 1.54) is 33.7 Å². The molecule has 2 nitrogen and oxygen atoms in total. The first kappa shape index (κ1) is 20.3. The predicted octanol–water partition coefficient (Wildman–Crippen LogP) is 6.30. The third-order valence-corrected chi connectivity index (χ3v) is 6.88. The Labute approximate surface area is 176 Å². The predicted molar refractivity (Wildman–Crippen MR) is 117 cm³/mol. The highest BCUT2D eigenvalue weighted by Crippen LogP contribution is 2.36. The lowest BCUT2D eigenvalue weighted by Gasteiger charge is -2.33. The van der Waals surface area contributed by atoms with Gasteiger partial charge in [0.15, 0.2) is 0 Å². The topological polar surface area (TPSA) is 29.5 Å². The molecule has 0 amide bonds. The normalized spacial score (nSPS) is 22.0. The minimum absolute atomic E-state index is 0.0494. The highest BCUT2D eigenvalue weighted by atomic mass is 32.1. The van der Waals surface area contributed by atoms with E-state index in [-0.39, 0.29) is 24.6 Å². The minimum Gasteiger partial charge on any atom is -0.394 e. The molecule has 4 heteroatoms. The van der Waals surface area contributed by atoms with Gasteiger partial charge in [0.1, 0.15) is 5.82 Å². The van der Waals surface area contributed by atoms with Crippen LogP contribution in [0.3, 0.4) is 0 Å².